The van der Waals surface area contributed by atoms with Gasteiger partial charge in [-0.05, 0) is 38.3 Å². The van der Waals surface area contributed by atoms with Gasteiger partial charge in [-0.3, -0.25) is 14.4 Å². The van der Waals surface area contributed by atoms with Crippen LogP contribution in [0, 0.1) is 0 Å². The van der Waals surface area contributed by atoms with E-state index in [0.717, 1.165) is 24.9 Å². The molecule has 3 amide bonds. The van der Waals surface area contributed by atoms with Gasteiger partial charge in [0.2, 0.25) is 11.8 Å². The zero-order valence-electron chi connectivity index (χ0n) is 18.2. The molecule has 0 radical (unpaired) electrons. The highest BCUT2D eigenvalue weighted by Gasteiger charge is 2.54. The maximum atomic E-state index is 13.5. The minimum atomic E-state index is -0.686. The van der Waals surface area contributed by atoms with E-state index in [4.69, 9.17) is 0 Å². The molecule has 0 saturated carbocycles. The lowest BCUT2D eigenvalue weighted by atomic mass is 9.85. The number of para-hydroxylation sites is 1. The van der Waals surface area contributed by atoms with Crippen molar-refractivity contribution >= 4 is 23.4 Å². The van der Waals surface area contributed by atoms with Gasteiger partial charge in [-0.25, -0.2) is 0 Å². The van der Waals surface area contributed by atoms with Gasteiger partial charge in [-0.2, -0.15) is 0 Å². The van der Waals surface area contributed by atoms with E-state index in [-0.39, 0.29) is 24.3 Å². The maximum Gasteiger partial charge on any atom is 0.250 e. The summed E-state index contributed by atoms with van der Waals surface area (Å²) in [5.41, 5.74) is 0.292. The van der Waals surface area contributed by atoms with Crippen molar-refractivity contribution in [3.05, 3.63) is 30.3 Å². The van der Waals surface area contributed by atoms with Crippen LogP contribution in [0.5, 0.6) is 0 Å². The van der Waals surface area contributed by atoms with Gasteiger partial charge in [-0.1, -0.05) is 38.0 Å². The molecule has 7 heteroatoms. The fourth-order valence-electron chi connectivity index (χ4n) is 4.56. The van der Waals surface area contributed by atoms with Crippen LogP contribution in [0.2, 0.25) is 0 Å². The highest BCUT2D eigenvalue weighted by molar-refractivity contribution is 5.96. The molecule has 1 aromatic carbocycles. The summed E-state index contributed by atoms with van der Waals surface area (Å²) in [5, 5.41) is 2.78. The number of carbonyl (C=O) groups is 3. The molecular weight excluding hydrogens is 380 g/mol. The van der Waals surface area contributed by atoms with E-state index in [1.165, 1.54) is 0 Å². The second-order valence-corrected chi connectivity index (χ2v) is 8.23. The number of rotatable bonds is 8. The Labute approximate surface area is 179 Å². The third-order valence-corrected chi connectivity index (χ3v) is 6.23. The average molecular weight is 415 g/mol. The zero-order chi connectivity index (χ0) is 21.6. The highest BCUT2D eigenvalue weighted by Crippen LogP contribution is 2.39. The minimum Gasteiger partial charge on any atom is -0.355 e. The van der Waals surface area contributed by atoms with Gasteiger partial charge >= 0.3 is 0 Å². The molecule has 2 aliphatic heterocycles. The average Bonchev–Trinajstić information content (AvgIpc) is 3.01. The van der Waals surface area contributed by atoms with Crippen molar-refractivity contribution in [3.8, 4) is 0 Å². The molecule has 1 aromatic rings. The first kappa shape index (κ1) is 22.1. The molecule has 2 fully saturated rings. The lowest BCUT2D eigenvalue weighted by Crippen LogP contribution is -2.57. The summed E-state index contributed by atoms with van der Waals surface area (Å²) in [7, 11) is 0. The van der Waals surface area contributed by atoms with Crippen LogP contribution in [0.1, 0.15) is 52.4 Å². The maximum absolute atomic E-state index is 13.5. The summed E-state index contributed by atoms with van der Waals surface area (Å²) in [6, 6.07) is 9.90. The fourth-order valence-corrected chi connectivity index (χ4v) is 4.56. The number of carbonyl (C=O) groups excluding carboxylic acids is 3. The monoisotopic (exact) mass is 414 g/mol. The third-order valence-electron chi connectivity index (χ3n) is 6.23. The van der Waals surface area contributed by atoms with E-state index >= 15 is 0 Å². The van der Waals surface area contributed by atoms with Crippen LogP contribution in [0.15, 0.2) is 30.3 Å². The molecule has 7 nitrogen and oxygen atoms in total. The number of hydrogen-bond acceptors (Lipinski definition) is 4. The van der Waals surface area contributed by atoms with Gasteiger partial charge in [-0.15, -0.1) is 0 Å². The van der Waals surface area contributed by atoms with E-state index in [1.807, 2.05) is 42.2 Å². The summed E-state index contributed by atoms with van der Waals surface area (Å²) < 4.78 is 0. The number of piperidine rings is 1. The lowest BCUT2D eigenvalue weighted by molar-refractivity contribution is -0.140. The predicted molar refractivity (Wildman–Crippen MR) is 117 cm³/mol. The van der Waals surface area contributed by atoms with Gasteiger partial charge < -0.3 is 20.0 Å². The molecule has 2 saturated heterocycles. The van der Waals surface area contributed by atoms with E-state index in [1.54, 1.807) is 4.90 Å². The molecule has 1 spiro atoms. The molecule has 2 aliphatic rings. The number of hydrogen-bond donors (Lipinski definition) is 1. The second-order valence-electron chi connectivity index (χ2n) is 8.23. The van der Waals surface area contributed by atoms with Crippen molar-refractivity contribution in [2.45, 2.75) is 57.9 Å². The van der Waals surface area contributed by atoms with Crippen LogP contribution in [0.4, 0.5) is 5.69 Å². The second kappa shape index (κ2) is 9.96. The van der Waals surface area contributed by atoms with E-state index in [9.17, 15) is 14.4 Å². The molecule has 0 aliphatic carbocycles. The topological polar surface area (TPSA) is 73.0 Å². The van der Waals surface area contributed by atoms with Crippen molar-refractivity contribution in [1.82, 2.24) is 15.1 Å². The molecule has 3 rings (SSSR count). The number of amides is 3. The van der Waals surface area contributed by atoms with Gasteiger partial charge in [0.15, 0.2) is 0 Å². The first-order valence-electron chi connectivity index (χ1n) is 11.2. The molecule has 1 N–H and O–H groups in total. The Morgan fingerprint density at radius 2 is 1.77 bits per heavy atom. The number of benzene rings is 1. The molecular formula is C23H34N4O3. The number of nitrogens with zero attached hydrogens (tertiary/aromatic N) is 3. The van der Waals surface area contributed by atoms with E-state index in [0.29, 0.717) is 45.6 Å². The number of nitrogens with one attached hydrogen (secondary N) is 1. The van der Waals surface area contributed by atoms with E-state index < -0.39 is 5.54 Å². The zero-order valence-corrected chi connectivity index (χ0v) is 18.2. The van der Waals surface area contributed by atoms with Crippen molar-refractivity contribution in [3.63, 3.8) is 0 Å². The Morgan fingerprint density at radius 3 is 2.40 bits per heavy atom. The summed E-state index contributed by atoms with van der Waals surface area (Å²) >= 11 is 0. The third kappa shape index (κ3) is 4.60. The predicted octanol–water partition coefficient (Wildman–Crippen LogP) is 2.37. The Morgan fingerprint density at radius 1 is 1.07 bits per heavy atom. The summed E-state index contributed by atoms with van der Waals surface area (Å²) in [6.07, 6.45) is 4.85. The molecule has 30 heavy (non-hydrogen) atoms. The van der Waals surface area contributed by atoms with Gasteiger partial charge in [0.25, 0.3) is 5.91 Å². The largest absolute Gasteiger partial charge is 0.355 e. The highest BCUT2D eigenvalue weighted by atomic mass is 16.2. The summed E-state index contributed by atoms with van der Waals surface area (Å²) in [5.74, 6) is 0.0457. The lowest BCUT2D eigenvalue weighted by Gasteiger charge is -2.43. The molecule has 0 bridgehead atoms. The van der Waals surface area contributed by atoms with Crippen molar-refractivity contribution in [2.24, 2.45) is 0 Å². The van der Waals surface area contributed by atoms with Gasteiger partial charge in [0.05, 0.1) is 6.67 Å². The fraction of sp³-hybridized carbons (Fsp3) is 0.609. The first-order valence-corrected chi connectivity index (χ1v) is 11.2. The molecule has 2 heterocycles. The standard InChI is InChI=1S/C23H34N4O3/c1-3-5-7-12-21(29)25-15-13-23(14-16-25)22(30)26(17-20(28)24-4-2)18-27(23)19-10-8-6-9-11-19/h6,8-11H,3-5,7,12-18H2,1-2H3,(H,24,28). The number of unbranched alkanes of at least 4 members (excludes halogenated alkanes) is 2. The van der Waals surface area contributed by atoms with Crippen LogP contribution in [-0.4, -0.2) is 65.9 Å². The number of likely N-dealkylation sites (tertiary alicyclic amines) is 1. The van der Waals surface area contributed by atoms with Gasteiger partial charge in [0, 0.05) is 31.7 Å². The van der Waals surface area contributed by atoms with Crippen LogP contribution < -0.4 is 10.2 Å². The Kier molecular flexibility index (Phi) is 7.34. The summed E-state index contributed by atoms with van der Waals surface area (Å²) in [4.78, 5) is 43.9. The Bertz CT molecular complexity index is 744. The normalized spacial score (nSPS) is 18.2. The molecule has 0 aromatic heterocycles. The minimum absolute atomic E-state index is 0.00399. The number of likely N-dealkylation sites (N-methyl/N-ethyl adjacent to an activating group) is 1. The van der Waals surface area contributed by atoms with E-state index in [2.05, 4.69) is 17.1 Å². The Hall–Kier alpha value is -2.57. The summed E-state index contributed by atoms with van der Waals surface area (Å²) in [6.45, 7) is 6.16. The smallest absolute Gasteiger partial charge is 0.250 e. The van der Waals surface area contributed by atoms with Crippen molar-refractivity contribution in [1.29, 1.82) is 0 Å². The van der Waals surface area contributed by atoms with Crippen LogP contribution in [0.25, 0.3) is 0 Å². The molecule has 0 unspecified atom stereocenters. The van der Waals surface area contributed by atoms with Gasteiger partial charge in [0.1, 0.15) is 12.1 Å². The van der Waals surface area contributed by atoms with Crippen molar-refractivity contribution < 1.29 is 14.4 Å². The van der Waals surface area contributed by atoms with Crippen LogP contribution in [-0.2, 0) is 14.4 Å². The SMILES string of the molecule is CCCCCC(=O)N1CCC2(CC1)C(=O)N(CC(=O)NCC)CN2c1ccccc1. The Balaban J connectivity index is 1.75. The molecule has 0 atom stereocenters. The van der Waals surface area contributed by atoms with Crippen LogP contribution >= 0.6 is 0 Å². The van der Waals surface area contributed by atoms with Crippen LogP contribution in [0.3, 0.4) is 0 Å². The quantitative estimate of drug-likeness (QED) is 0.663. The molecule has 164 valence electrons. The first-order chi connectivity index (χ1) is 14.5. The number of anilines is 1. The van der Waals surface area contributed by atoms with Crippen molar-refractivity contribution in [2.75, 3.05) is 37.7 Å².